The van der Waals surface area contributed by atoms with Gasteiger partial charge in [-0.2, -0.15) is 5.26 Å². The van der Waals surface area contributed by atoms with Gasteiger partial charge in [0.05, 0.1) is 23.9 Å². The second-order valence-corrected chi connectivity index (χ2v) is 3.05. The van der Waals surface area contributed by atoms with Gasteiger partial charge < -0.3 is 4.74 Å². The number of hydrogen-bond acceptors (Lipinski definition) is 3. The molecular weight excluding hydrogens is 188 g/mol. The fourth-order valence-corrected chi connectivity index (χ4v) is 1.05. The summed E-state index contributed by atoms with van der Waals surface area (Å²) in [7, 11) is 0. The Morgan fingerprint density at radius 2 is 2.13 bits per heavy atom. The van der Waals surface area contributed by atoms with Gasteiger partial charge in [0.15, 0.2) is 0 Å². The van der Waals surface area contributed by atoms with E-state index in [0.29, 0.717) is 12.2 Å². The van der Waals surface area contributed by atoms with Crippen LogP contribution in [0.5, 0.6) is 0 Å². The molecule has 0 spiro atoms. The third-order valence-electron chi connectivity index (χ3n) is 1.78. The van der Waals surface area contributed by atoms with E-state index < -0.39 is 0 Å². The summed E-state index contributed by atoms with van der Waals surface area (Å²) >= 11 is 0. The minimum Gasteiger partial charge on any atom is -0.376 e. The molecule has 3 heteroatoms. The summed E-state index contributed by atoms with van der Waals surface area (Å²) < 4.78 is 5.25. The first-order valence-corrected chi connectivity index (χ1v) is 4.97. The molecular formula is C12H14N2O. The van der Waals surface area contributed by atoms with E-state index in [1.807, 2.05) is 12.1 Å². The van der Waals surface area contributed by atoms with Crippen LogP contribution in [0.25, 0.3) is 0 Å². The van der Waals surface area contributed by atoms with Crippen molar-refractivity contribution in [2.24, 2.45) is 4.99 Å². The summed E-state index contributed by atoms with van der Waals surface area (Å²) in [6, 6.07) is 9.19. The van der Waals surface area contributed by atoms with Crippen molar-refractivity contribution in [2.75, 3.05) is 13.2 Å². The lowest BCUT2D eigenvalue weighted by molar-refractivity contribution is 0.175. The van der Waals surface area contributed by atoms with Crippen molar-refractivity contribution in [1.82, 2.24) is 0 Å². The molecule has 0 unspecified atom stereocenters. The van der Waals surface area contributed by atoms with Crippen molar-refractivity contribution >= 4 is 11.9 Å². The van der Waals surface area contributed by atoms with E-state index in [0.717, 1.165) is 18.7 Å². The van der Waals surface area contributed by atoms with Crippen LogP contribution in [0.2, 0.25) is 0 Å². The summed E-state index contributed by atoms with van der Waals surface area (Å²) in [5.74, 6) is 0. The maximum Gasteiger partial charge on any atom is 0.0991 e. The highest BCUT2D eigenvalue weighted by molar-refractivity contribution is 5.64. The van der Waals surface area contributed by atoms with E-state index >= 15 is 0 Å². The SMILES string of the molecule is CCCOC/C=N/c1ccc(C#N)cc1. The van der Waals surface area contributed by atoms with Crippen LogP contribution in [0, 0.1) is 11.3 Å². The second kappa shape index (κ2) is 6.74. The molecule has 0 aliphatic rings. The van der Waals surface area contributed by atoms with Crippen LogP contribution in [0.3, 0.4) is 0 Å². The fourth-order valence-electron chi connectivity index (χ4n) is 1.05. The Morgan fingerprint density at radius 1 is 1.40 bits per heavy atom. The fraction of sp³-hybridized carbons (Fsp3) is 0.333. The third kappa shape index (κ3) is 4.39. The highest BCUT2D eigenvalue weighted by atomic mass is 16.5. The van der Waals surface area contributed by atoms with Gasteiger partial charge in [-0.1, -0.05) is 6.92 Å². The zero-order valence-corrected chi connectivity index (χ0v) is 8.81. The minimum absolute atomic E-state index is 0.536. The lowest BCUT2D eigenvalue weighted by atomic mass is 10.2. The summed E-state index contributed by atoms with van der Waals surface area (Å²) in [5.41, 5.74) is 1.49. The summed E-state index contributed by atoms with van der Waals surface area (Å²) in [6.07, 6.45) is 2.75. The molecule has 1 aromatic rings. The first-order chi connectivity index (χ1) is 7.36. The van der Waals surface area contributed by atoms with Crippen LogP contribution < -0.4 is 0 Å². The van der Waals surface area contributed by atoms with Crippen LogP contribution in [0.1, 0.15) is 18.9 Å². The average Bonchev–Trinajstić information content (AvgIpc) is 2.30. The molecule has 0 heterocycles. The van der Waals surface area contributed by atoms with Crippen LogP contribution in [0.4, 0.5) is 5.69 Å². The first-order valence-electron chi connectivity index (χ1n) is 4.97. The van der Waals surface area contributed by atoms with Crippen molar-refractivity contribution in [2.45, 2.75) is 13.3 Å². The second-order valence-electron chi connectivity index (χ2n) is 3.05. The molecule has 0 atom stereocenters. The van der Waals surface area contributed by atoms with Gasteiger partial charge in [0.1, 0.15) is 0 Å². The van der Waals surface area contributed by atoms with Gasteiger partial charge in [-0.05, 0) is 30.7 Å². The molecule has 15 heavy (non-hydrogen) atoms. The average molecular weight is 202 g/mol. The maximum atomic E-state index is 8.59. The number of hydrogen-bond donors (Lipinski definition) is 0. The van der Waals surface area contributed by atoms with Gasteiger partial charge in [0, 0.05) is 12.8 Å². The third-order valence-corrected chi connectivity index (χ3v) is 1.78. The highest BCUT2D eigenvalue weighted by Crippen LogP contribution is 2.11. The molecule has 1 aromatic carbocycles. The zero-order valence-electron chi connectivity index (χ0n) is 8.81. The van der Waals surface area contributed by atoms with E-state index in [9.17, 15) is 0 Å². The monoisotopic (exact) mass is 202 g/mol. The molecule has 0 saturated heterocycles. The first kappa shape index (κ1) is 11.4. The van der Waals surface area contributed by atoms with Gasteiger partial charge >= 0.3 is 0 Å². The Hall–Kier alpha value is -1.66. The Balaban J connectivity index is 2.40. The number of nitriles is 1. The molecule has 0 amide bonds. The molecule has 3 nitrogen and oxygen atoms in total. The quantitative estimate of drug-likeness (QED) is 0.544. The van der Waals surface area contributed by atoms with Gasteiger partial charge in [-0.15, -0.1) is 0 Å². The molecule has 0 saturated carbocycles. The number of benzene rings is 1. The van der Waals surface area contributed by atoms with Crippen LogP contribution in [-0.2, 0) is 4.74 Å². The molecule has 0 aliphatic heterocycles. The van der Waals surface area contributed by atoms with Gasteiger partial charge in [0.2, 0.25) is 0 Å². The van der Waals surface area contributed by atoms with Gasteiger partial charge in [-0.3, -0.25) is 4.99 Å². The molecule has 78 valence electrons. The normalized spacial score (nSPS) is 10.4. The molecule has 0 aromatic heterocycles. The summed E-state index contributed by atoms with van der Waals surface area (Å²) in [6.45, 7) is 3.37. The summed E-state index contributed by atoms with van der Waals surface area (Å²) in [5, 5.41) is 8.59. The lowest BCUT2D eigenvalue weighted by Crippen LogP contribution is -1.95. The molecule has 0 fully saturated rings. The molecule has 0 bridgehead atoms. The molecule has 0 aliphatic carbocycles. The number of ether oxygens (including phenoxy) is 1. The van der Waals surface area contributed by atoms with E-state index in [-0.39, 0.29) is 0 Å². The van der Waals surface area contributed by atoms with E-state index in [1.54, 1.807) is 18.3 Å². The molecule has 0 N–H and O–H groups in total. The molecule has 0 radical (unpaired) electrons. The Bertz CT molecular complexity index is 349. The Kier molecular flexibility index (Phi) is 5.13. The maximum absolute atomic E-state index is 8.59. The standard InChI is InChI=1S/C12H14N2O/c1-2-8-15-9-7-14-12-5-3-11(10-13)4-6-12/h3-7H,2,8-9H2,1H3/b14-7+. The van der Waals surface area contributed by atoms with E-state index in [2.05, 4.69) is 18.0 Å². The van der Waals surface area contributed by atoms with E-state index in [4.69, 9.17) is 10.00 Å². The Labute approximate surface area is 90.0 Å². The van der Waals surface area contributed by atoms with Crippen LogP contribution >= 0.6 is 0 Å². The largest absolute Gasteiger partial charge is 0.376 e. The highest BCUT2D eigenvalue weighted by Gasteiger charge is 1.89. The minimum atomic E-state index is 0.536. The van der Waals surface area contributed by atoms with Crippen LogP contribution in [-0.4, -0.2) is 19.4 Å². The number of nitrogens with zero attached hydrogens (tertiary/aromatic N) is 2. The summed E-state index contributed by atoms with van der Waals surface area (Å²) in [4.78, 5) is 4.19. The zero-order chi connectivity index (χ0) is 10.9. The van der Waals surface area contributed by atoms with Gasteiger partial charge in [-0.25, -0.2) is 0 Å². The van der Waals surface area contributed by atoms with Crippen LogP contribution in [0.15, 0.2) is 29.3 Å². The van der Waals surface area contributed by atoms with Crippen molar-refractivity contribution in [1.29, 1.82) is 5.26 Å². The Morgan fingerprint density at radius 3 is 2.73 bits per heavy atom. The van der Waals surface area contributed by atoms with Gasteiger partial charge in [0.25, 0.3) is 0 Å². The van der Waals surface area contributed by atoms with E-state index in [1.165, 1.54) is 0 Å². The number of rotatable bonds is 5. The van der Waals surface area contributed by atoms with Crippen molar-refractivity contribution in [3.05, 3.63) is 29.8 Å². The topological polar surface area (TPSA) is 45.4 Å². The number of aliphatic imine (C=N–C) groups is 1. The van der Waals surface area contributed by atoms with Crippen molar-refractivity contribution in [3.63, 3.8) is 0 Å². The predicted octanol–water partition coefficient (Wildman–Crippen LogP) is 2.69. The predicted molar refractivity (Wildman–Crippen MR) is 60.4 cm³/mol. The smallest absolute Gasteiger partial charge is 0.0991 e. The van der Waals surface area contributed by atoms with Crippen molar-refractivity contribution in [3.8, 4) is 6.07 Å². The van der Waals surface area contributed by atoms with Crippen molar-refractivity contribution < 1.29 is 4.74 Å². The molecule has 1 rings (SSSR count). The lowest BCUT2D eigenvalue weighted by Gasteiger charge is -1.96.